The van der Waals surface area contributed by atoms with E-state index in [9.17, 15) is 9.90 Å². The van der Waals surface area contributed by atoms with E-state index in [0.29, 0.717) is 5.56 Å². The molecule has 4 rings (SSSR count). The van der Waals surface area contributed by atoms with Crippen molar-refractivity contribution in [2.24, 2.45) is 7.05 Å². The summed E-state index contributed by atoms with van der Waals surface area (Å²) in [5.74, 6) is -0.110. The molecule has 1 unspecified atom stereocenters. The van der Waals surface area contributed by atoms with Crippen molar-refractivity contribution in [1.82, 2.24) is 14.5 Å². The fraction of sp³-hybridized carbons (Fsp3) is 0.188. The van der Waals surface area contributed by atoms with Crippen LogP contribution in [-0.4, -0.2) is 25.6 Å². The van der Waals surface area contributed by atoms with Crippen molar-refractivity contribution in [3.63, 3.8) is 0 Å². The smallest absolute Gasteiger partial charge is 0.335 e. The normalized spacial score (nSPS) is 16.5. The minimum absolute atomic E-state index is 0.0603. The summed E-state index contributed by atoms with van der Waals surface area (Å²) in [4.78, 5) is 19.9. The van der Waals surface area contributed by atoms with Crippen LogP contribution in [0.5, 0.6) is 0 Å². The molecule has 1 atom stereocenters. The fourth-order valence-electron chi connectivity index (χ4n) is 3.07. The van der Waals surface area contributed by atoms with Crippen molar-refractivity contribution in [1.29, 1.82) is 0 Å². The molecule has 2 aromatic heterocycles. The standard InChI is InChI=1S/C16H14N4O2/c1-20-8-11(10-6-9(16(21)22)2-3-14(10)20)12-7-13-15(19-12)18-5-4-17-13/h2-6,8,12H,7H2,1H3,(H,18,19)(H,21,22). The Kier molecular flexibility index (Phi) is 2.66. The summed E-state index contributed by atoms with van der Waals surface area (Å²) in [6.07, 6.45) is 6.15. The lowest BCUT2D eigenvalue weighted by Gasteiger charge is -2.09. The Morgan fingerprint density at radius 3 is 2.95 bits per heavy atom. The number of aromatic nitrogens is 3. The predicted molar refractivity (Wildman–Crippen MR) is 82.0 cm³/mol. The minimum Gasteiger partial charge on any atom is -0.478 e. The van der Waals surface area contributed by atoms with Gasteiger partial charge in [0.15, 0.2) is 0 Å². The molecule has 0 bridgehead atoms. The third-order valence-electron chi connectivity index (χ3n) is 4.13. The van der Waals surface area contributed by atoms with E-state index in [1.54, 1.807) is 24.5 Å². The van der Waals surface area contributed by atoms with Crippen LogP contribution >= 0.6 is 0 Å². The second kappa shape index (κ2) is 4.56. The second-order valence-corrected chi connectivity index (χ2v) is 5.49. The van der Waals surface area contributed by atoms with Crippen molar-refractivity contribution in [3.8, 4) is 0 Å². The quantitative estimate of drug-likeness (QED) is 0.758. The van der Waals surface area contributed by atoms with Gasteiger partial charge < -0.3 is 15.0 Å². The number of nitrogens with one attached hydrogen (secondary N) is 1. The highest BCUT2D eigenvalue weighted by molar-refractivity contribution is 5.95. The third-order valence-corrected chi connectivity index (χ3v) is 4.13. The monoisotopic (exact) mass is 294 g/mol. The lowest BCUT2D eigenvalue weighted by molar-refractivity contribution is 0.0697. The molecule has 3 aromatic rings. The summed E-state index contributed by atoms with van der Waals surface area (Å²) >= 11 is 0. The van der Waals surface area contributed by atoms with E-state index in [0.717, 1.165) is 34.4 Å². The SMILES string of the molecule is Cn1cc(C2Cc3nccnc3N2)c2cc(C(=O)O)ccc21. The number of aromatic carboxylic acids is 1. The van der Waals surface area contributed by atoms with Crippen molar-refractivity contribution < 1.29 is 9.90 Å². The average molecular weight is 294 g/mol. The summed E-state index contributed by atoms with van der Waals surface area (Å²) in [7, 11) is 1.96. The zero-order chi connectivity index (χ0) is 15.3. The van der Waals surface area contributed by atoms with E-state index in [1.807, 2.05) is 23.9 Å². The summed E-state index contributed by atoms with van der Waals surface area (Å²) in [5, 5.41) is 13.5. The number of anilines is 1. The van der Waals surface area contributed by atoms with Gasteiger partial charge in [-0.2, -0.15) is 0 Å². The Hall–Kier alpha value is -2.89. The first kappa shape index (κ1) is 12.8. The number of benzene rings is 1. The molecule has 110 valence electrons. The molecule has 6 nitrogen and oxygen atoms in total. The van der Waals surface area contributed by atoms with Gasteiger partial charge in [0.2, 0.25) is 0 Å². The molecular formula is C16H14N4O2. The Morgan fingerprint density at radius 2 is 2.18 bits per heavy atom. The number of carbonyl (C=O) groups is 1. The first-order chi connectivity index (χ1) is 10.6. The first-order valence-electron chi connectivity index (χ1n) is 7.02. The fourth-order valence-corrected chi connectivity index (χ4v) is 3.07. The van der Waals surface area contributed by atoms with Crippen LogP contribution in [-0.2, 0) is 13.5 Å². The van der Waals surface area contributed by atoms with E-state index >= 15 is 0 Å². The number of hydrogen-bond acceptors (Lipinski definition) is 4. The molecule has 3 heterocycles. The molecule has 1 aliphatic heterocycles. The zero-order valence-electron chi connectivity index (χ0n) is 11.9. The van der Waals surface area contributed by atoms with Crippen LogP contribution in [0.25, 0.3) is 10.9 Å². The molecule has 0 radical (unpaired) electrons. The van der Waals surface area contributed by atoms with Gasteiger partial charge in [0.05, 0.1) is 17.3 Å². The van der Waals surface area contributed by atoms with Gasteiger partial charge in [-0.1, -0.05) is 0 Å². The van der Waals surface area contributed by atoms with Gasteiger partial charge >= 0.3 is 5.97 Å². The van der Waals surface area contributed by atoms with Gasteiger partial charge in [-0.25, -0.2) is 9.78 Å². The Morgan fingerprint density at radius 1 is 1.36 bits per heavy atom. The highest BCUT2D eigenvalue weighted by atomic mass is 16.4. The molecular weight excluding hydrogens is 280 g/mol. The summed E-state index contributed by atoms with van der Waals surface area (Å²) in [6, 6.07) is 5.28. The first-order valence-corrected chi connectivity index (χ1v) is 7.02. The Balaban J connectivity index is 1.82. The van der Waals surface area contributed by atoms with E-state index < -0.39 is 5.97 Å². The van der Waals surface area contributed by atoms with Crippen molar-refractivity contribution in [2.45, 2.75) is 12.5 Å². The zero-order valence-corrected chi connectivity index (χ0v) is 11.9. The summed E-state index contributed by atoms with van der Waals surface area (Å²) in [6.45, 7) is 0. The Bertz CT molecular complexity index is 875. The predicted octanol–water partition coefficient (Wildman–Crippen LogP) is 2.38. The van der Waals surface area contributed by atoms with Crippen molar-refractivity contribution in [3.05, 3.63) is 53.6 Å². The van der Waals surface area contributed by atoms with Crippen LogP contribution < -0.4 is 5.32 Å². The topological polar surface area (TPSA) is 80.0 Å². The van der Waals surface area contributed by atoms with Crippen LogP contribution in [0.4, 0.5) is 5.82 Å². The van der Waals surface area contributed by atoms with E-state index in [-0.39, 0.29) is 6.04 Å². The molecule has 0 saturated carbocycles. The summed E-state index contributed by atoms with van der Waals surface area (Å²) < 4.78 is 2.02. The molecule has 1 aromatic carbocycles. The van der Waals surface area contributed by atoms with E-state index in [2.05, 4.69) is 15.3 Å². The molecule has 22 heavy (non-hydrogen) atoms. The van der Waals surface area contributed by atoms with E-state index in [1.165, 1.54) is 0 Å². The minimum atomic E-state index is -0.914. The van der Waals surface area contributed by atoms with Gasteiger partial charge in [0, 0.05) is 48.5 Å². The highest BCUT2D eigenvalue weighted by Crippen LogP contribution is 2.35. The van der Waals surface area contributed by atoms with Crippen LogP contribution in [0.2, 0.25) is 0 Å². The number of nitrogens with zero attached hydrogens (tertiary/aromatic N) is 3. The van der Waals surface area contributed by atoms with Crippen molar-refractivity contribution in [2.75, 3.05) is 5.32 Å². The second-order valence-electron chi connectivity index (χ2n) is 5.49. The summed E-state index contributed by atoms with van der Waals surface area (Å²) in [5.41, 5.74) is 3.32. The lowest BCUT2D eigenvalue weighted by Crippen LogP contribution is -2.05. The molecule has 0 aliphatic carbocycles. The van der Waals surface area contributed by atoms with Gasteiger partial charge in [-0.05, 0) is 18.2 Å². The van der Waals surface area contributed by atoms with Gasteiger partial charge in [0.1, 0.15) is 5.82 Å². The van der Waals surface area contributed by atoms with Gasteiger partial charge in [-0.3, -0.25) is 4.98 Å². The van der Waals surface area contributed by atoms with Crippen LogP contribution in [0, 0.1) is 0 Å². The highest BCUT2D eigenvalue weighted by Gasteiger charge is 2.26. The molecule has 0 amide bonds. The van der Waals surface area contributed by atoms with Gasteiger partial charge in [-0.15, -0.1) is 0 Å². The molecule has 0 spiro atoms. The number of aryl methyl sites for hydroxylation is 1. The molecule has 6 heteroatoms. The van der Waals surface area contributed by atoms with Crippen LogP contribution in [0.15, 0.2) is 36.8 Å². The maximum atomic E-state index is 11.2. The maximum Gasteiger partial charge on any atom is 0.335 e. The number of hydrogen-bond donors (Lipinski definition) is 2. The molecule has 1 aliphatic rings. The maximum absolute atomic E-state index is 11.2. The average Bonchev–Trinajstić information content (AvgIpc) is 3.08. The van der Waals surface area contributed by atoms with Crippen LogP contribution in [0.1, 0.15) is 27.7 Å². The molecule has 0 fully saturated rings. The number of carboxylic acids is 1. The van der Waals surface area contributed by atoms with E-state index in [4.69, 9.17) is 0 Å². The van der Waals surface area contributed by atoms with Crippen LogP contribution in [0.3, 0.4) is 0 Å². The van der Waals surface area contributed by atoms with Crippen molar-refractivity contribution >= 4 is 22.7 Å². The van der Waals surface area contributed by atoms with Gasteiger partial charge in [0.25, 0.3) is 0 Å². The number of rotatable bonds is 2. The largest absolute Gasteiger partial charge is 0.478 e. The lowest BCUT2D eigenvalue weighted by atomic mass is 10.0. The number of carboxylic acid groups (broad SMARTS) is 1. The number of fused-ring (bicyclic) bond motifs is 2. The Labute approximate surface area is 126 Å². The molecule has 0 saturated heterocycles. The molecule has 2 N–H and O–H groups in total. The third kappa shape index (κ3) is 1.84.